The quantitative estimate of drug-likeness (QED) is 0.664. The molecule has 10 heteroatoms. The molecular weight excluding hydrogens is 418 g/mol. The zero-order chi connectivity index (χ0) is 21.8. The van der Waals surface area contributed by atoms with E-state index < -0.39 is 10.0 Å². The van der Waals surface area contributed by atoms with Crippen LogP contribution in [0.3, 0.4) is 0 Å². The van der Waals surface area contributed by atoms with Crippen LogP contribution in [0.15, 0.2) is 35.2 Å². The number of piperidine rings is 1. The maximum Gasteiger partial charge on any atom is 0.243 e. The van der Waals surface area contributed by atoms with Crippen LogP contribution in [0.4, 0.5) is 11.6 Å². The molecule has 0 unspecified atom stereocenters. The predicted molar refractivity (Wildman–Crippen MR) is 119 cm³/mol. The van der Waals surface area contributed by atoms with Crippen LogP contribution in [0.2, 0.25) is 0 Å². The molecule has 0 aliphatic carbocycles. The Balaban J connectivity index is 1.41. The minimum atomic E-state index is -3.62. The Hall–Kier alpha value is -2.59. The molecule has 0 N–H and O–H groups in total. The molecule has 2 saturated heterocycles. The third-order valence-corrected chi connectivity index (χ3v) is 7.77. The molecule has 0 atom stereocenters. The molecule has 31 heavy (non-hydrogen) atoms. The summed E-state index contributed by atoms with van der Waals surface area (Å²) in [7, 11) is -0.606. The van der Waals surface area contributed by atoms with E-state index in [0.29, 0.717) is 37.7 Å². The SMILES string of the molecule is COc1ccc(S(=O)(=O)N2CCN(c3ccc(N4CCCCC4)nn3)CC2)cc1OC. The number of ether oxygens (including phenoxy) is 2. The zero-order valence-electron chi connectivity index (χ0n) is 18.0. The summed E-state index contributed by atoms with van der Waals surface area (Å²) in [6.45, 7) is 3.94. The van der Waals surface area contributed by atoms with E-state index in [-0.39, 0.29) is 4.90 Å². The molecule has 1 aromatic heterocycles. The first kappa shape index (κ1) is 21.6. The maximum atomic E-state index is 13.1. The van der Waals surface area contributed by atoms with Crippen molar-refractivity contribution in [2.24, 2.45) is 0 Å². The molecule has 0 amide bonds. The highest BCUT2D eigenvalue weighted by Crippen LogP contribution is 2.31. The zero-order valence-corrected chi connectivity index (χ0v) is 18.8. The second kappa shape index (κ2) is 9.27. The fourth-order valence-electron chi connectivity index (χ4n) is 4.06. The topological polar surface area (TPSA) is 88.1 Å². The van der Waals surface area contributed by atoms with Gasteiger partial charge in [0.15, 0.2) is 23.1 Å². The minimum Gasteiger partial charge on any atom is -0.493 e. The monoisotopic (exact) mass is 447 g/mol. The Labute approximate surface area is 183 Å². The lowest BCUT2D eigenvalue weighted by Gasteiger charge is -2.34. The highest BCUT2D eigenvalue weighted by Gasteiger charge is 2.30. The van der Waals surface area contributed by atoms with Crippen molar-refractivity contribution in [2.75, 3.05) is 63.3 Å². The normalized spacial score (nSPS) is 18.1. The standard InChI is InChI=1S/C21H29N5O4S/c1-29-18-7-6-17(16-19(18)30-2)31(27,28)26-14-12-25(13-15-26)21-9-8-20(22-23-21)24-10-4-3-5-11-24/h6-9,16H,3-5,10-15H2,1-2H3. The Morgan fingerprint density at radius 3 is 1.87 bits per heavy atom. The van der Waals surface area contributed by atoms with E-state index in [9.17, 15) is 8.42 Å². The number of hydrogen-bond acceptors (Lipinski definition) is 8. The molecule has 0 radical (unpaired) electrons. The van der Waals surface area contributed by atoms with Crippen LogP contribution in [-0.2, 0) is 10.0 Å². The molecule has 4 rings (SSSR count). The van der Waals surface area contributed by atoms with Crippen molar-refractivity contribution in [1.82, 2.24) is 14.5 Å². The van der Waals surface area contributed by atoms with Crippen LogP contribution in [0.5, 0.6) is 11.5 Å². The summed E-state index contributed by atoms with van der Waals surface area (Å²) in [4.78, 5) is 4.55. The summed E-state index contributed by atoms with van der Waals surface area (Å²) in [6, 6.07) is 8.66. The van der Waals surface area contributed by atoms with Crippen molar-refractivity contribution in [2.45, 2.75) is 24.2 Å². The van der Waals surface area contributed by atoms with Gasteiger partial charge in [-0.25, -0.2) is 8.42 Å². The summed E-state index contributed by atoms with van der Waals surface area (Å²) < 4.78 is 38.1. The van der Waals surface area contributed by atoms with Crippen molar-refractivity contribution >= 4 is 21.7 Å². The van der Waals surface area contributed by atoms with E-state index >= 15 is 0 Å². The number of piperazine rings is 1. The molecule has 2 aliphatic heterocycles. The van der Waals surface area contributed by atoms with Crippen LogP contribution in [-0.4, -0.2) is 76.4 Å². The van der Waals surface area contributed by atoms with Gasteiger partial charge in [0.1, 0.15) is 0 Å². The van der Waals surface area contributed by atoms with Crippen LogP contribution in [0.1, 0.15) is 19.3 Å². The number of methoxy groups -OCH3 is 2. The van der Waals surface area contributed by atoms with Gasteiger partial charge in [-0.05, 0) is 43.5 Å². The number of sulfonamides is 1. The van der Waals surface area contributed by atoms with Gasteiger partial charge in [-0.15, -0.1) is 10.2 Å². The van der Waals surface area contributed by atoms with Crippen molar-refractivity contribution < 1.29 is 17.9 Å². The number of hydrogen-bond donors (Lipinski definition) is 0. The Morgan fingerprint density at radius 1 is 0.742 bits per heavy atom. The fourth-order valence-corrected chi connectivity index (χ4v) is 5.50. The predicted octanol–water partition coefficient (Wildman–Crippen LogP) is 1.99. The van der Waals surface area contributed by atoms with Crippen molar-refractivity contribution in [1.29, 1.82) is 0 Å². The summed E-state index contributed by atoms with van der Waals surface area (Å²) in [5.41, 5.74) is 0. The fraction of sp³-hybridized carbons (Fsp3) is 0.524. The molecular formula is C21H29N5O4S. The van der Waals surface area contributed by atoms with Crippen molar-refractivity contribution in [3.63, 3.8) is 0 Å². The van der Waals surface area contributed by atoms with E-state index in [1.165, 1.54) is 43.9 Å². The number of aromatic nitrogens is 2. The molecule has 2 aliphatic rings. The van der Waals surface area contributed by atoms with Gasteiger partial charge in [-0.3, -0.25) is 0 Å². The van der Waals surface area contributed by atoms with E-state index in [4.69, 9.17) is 9.47 Å². The van der Waals surface area contributed by atoms with Gasteiger partial charge in [-0.1, -0.05) is 0 Å². The lowest BCUT2D eigenvalue weighted by molar-refractivity contribution is 0.353. The van der Waals surface area contributed by atoms with Crippen LogP contribution in [0, 0.1) is 0 Å². The van der Waals surface area contributed by atoms with Gasteiger partial charge in [0.25, 0.3) is 0 Å². The van der Waals surface area contributed by atoms with Gasteiger partial charge in [-0.2, -0.15) is 4.31 Å². The molecule has 3 heterocycles. The average molecular weight is 448 g/mol. The number of anilines is 2. The Morgan fingerprint density at radius 2 is 1.32 bits per heavy atom. The van der Waals surface area contributed by atoms with E-state index in [1.54, 1.807) is 12.1 Å². The highest BCUT2D eigenvalue weighted by molar-refractivity contribution is 7.89. The smallest absolute Gasteiger partial charge is 0.243 e. The third kappa shape index (κ3) is 4.54. The van der Waals surface area contributed by atoms with E-state index in [2.05, 4.69) is 20.0 Å². The van der Waals surface area contributed by atoms with E-state index in [1.807, 2.05) is 12.1 Å². The molecule has 168 valence electrons. The number of benzene rings is 1. The second-order valence-electron chi connectivity index (χ2n) is 7.71. The van der Waals surface area contributed by atoms with Gasteiger partial charge in [0.2, 0.25) is 10.0 Å². The molecule has 0 bridgehead atoms. The Kier molecular flexibility index (Phi) is 6.47. The first-order valence-corrected chi connectivity index (χ1v) is 12.0. The maximum absolute atomic E-state index is 13.1. The van der Waals surface area contributed by atoms with Gasteiger partial charge >= 0.3 is 0 Å². The Bertz CT molecular complexity index is 985. The molecule has 1 aromatic carbocycles. The average Bonchev–Trinajstić information content (AvgIpc) is 2.84. The summed E-state index contributed by atoms with van der Waals surface area (Å²) in [6.07, 6.45) is 3.67. The van der Waals surface area contributed by atoms with Crippen LogP contribution >= 0.6 is 0 Å². The molecule has 0 saturated carbocycles. The van der Waals surface area contributed by atoms with Gasteiger partial charge in [0, 0.05) is 45.3 Å². The second-order valence-corrected chi connectivity index (χ2v) is 9.64. The lowest BCUT2D eigenvalue weighted by atomic mass is 10.1. The first-order valence-electron chi connectivity index (χ1n) is 10.6. The number of nitrogens with zero attached hydrogens (tertiary/aromatic N) is 5. The largest absolute Gasteiger partial charge is 0.493 e. The minimum absolute atomic E-state index is 0.198. The van der Waals surface area contributed by atoms with Crippen LogP contribution < -0.4 is 19.3 Å². The van der Waals surface area contributed by atoms with Crippen molar-refractivity contribution in [3.8, 4) is 11.5 Å². The van der Waals surface area contributed by atoms with Crippen molar-refractivity contribution in [3.05, 3.63) is 30.3 Å². The third-order valence-electron chi connectivity index (χ3n) is 5.87. The number of rotatable bonds is 6. The first-order chi connectivity index (χ1) is 15.0. The summed E-state index contributed by atoms with van der Waals surface area (Å²) in [5, 5.41) is 8.81. The highest BCUT2D eigenvalue weighted by atomic mass is 32.2. The molecule has 0 spiro atoms. The van der Waals surface area contributed by atoms with Crippen LogP contribution in [0.25, 0.3) is 0 Å². The molecule has 2 aromatic rings. The summed E-state index contributed by atoms with van der Waals surface area (Å²) in [5.74, 6) is 2.59. The summed E-state index contributed by atoms with van der Waals surface area (Å²) >= 11 is 0. The van der Waals surface area contributed by atoms with Gasteiger partial charge in [0.05, 0.1) is 19.1 Å². The van der Waals surface area contributed by atoms with Gasteiger partial charge < -0.3 is 19.3 Å². The molecule has 9 nitrogen and oxygen atoms in total. The molecule has 2 fully saturated rings. The van der Waals surface area contributed by atoms with E-state index in [0.717, 1.165) is 24.7 Å². The lowest BCUT2D eigenvalue weighted by Crippen LogP contribution is -2.49.